The first-order valence-electron chi connectivity index (χ1n) is 8.96. The summed E-state index contributed by atoms with van der Waals surface area (Å²) in [6.45, 7) is 2.44. The van der Waals surface area contributed by atoms with Crippen LogP contribution in [0.5, 0.6) is 0 Å². The molecule has 0 aliphatic heterocycles. The van der Waals surface area contributed by atoms with E-state index in [2.05, 4.69) is 5.32 Å². The zero-order valence-electron chi connectivity index (χ0n) is 15.6. The van der Waals surface area contributed by atoms with E-state index >= 15 is 0 Å². The molecule has 3 aromatic carbocycles. The van der Waals surface area contributed by atoms with Crippen LogP contribution in [0, 0.1) is 6.92 Å². The lowest BCUT2D eigenvalue weighted by atomic mass is 9.99. The number of hydrogen-bond acceptors (Lipinski definition) is 2. The van der Waals surface area contributed by atoms with Crippen LogP contribution >= 0.6 is 0 Å². The van der Waals surface area contributed by atoms with Crippen molar-refractivity contribution in [2.24, 2.45) is 0 Å². The van der Waals surface area contributed by atoms with Gasteiger partial charge in [0.05, 0.1) is 0 Å². The maximum Gasteiger partial charge on any atom is 0.328 e. The van der Waals surface area contributed by atoms with Gasteiger partial charge >= 0.3 is 5.97 Å². The van der Waals surface area contributed by atoms with Crippen molar-refractivity contribution in [3.63, 3.8) is 0 Å². The van der Waals surface area contributed by atoms with Gasteiger partial charge in [0.2, 0.25) is 0 Å². The molecule has 0 bridgehead atoms. The molecule has 3 aromatic rings. The number of carboxylic acid groups (broad SMARTS) is 1. The van der Waals surface area contributed by atoms with Crippen LogP contribution < -0.4 is 5.32 Å². The monoisotopic (exact) mass is 371 g/mol. The van der Waals surface area contributed by atoms with Gasteiger partial charge in [-0.1, -0.05) is 60.2 Å². The molecular weight excluding hydrogens is 350 g/mol. The van der Waals surface area contributed by atoms with E-state index in [9.17, 15) is 9.59 Å². The summed E-state index contributed by atoms with van der Waals surface area (Å²) in [6, 6.07) is 23.0. The Balaban J connectivity index is 1.87. The van der Waals surface area contributed by atoms with Gasteiger partial charge in [-0.05, 0) is 53.5 Å². The fourth-order valence-electron chi connectivity index (χ4n) is 2.83. The summed E-state index contributed by atoms with van der Waals surface area (Å²) in [5.74, 6) is -1.24. The third kappa shape index (κ3) is 5.17. The predicted molar refractivity (Wildman–Crippen MR) is 111 cm³/mol. The van der Waals surface area contributed by atoms with Crippen molar-refractivity contribution in [2.75, 3.05) is 0 Å². The molecule has 0 aliphatic rings. The smallest absolute Gasteiger partial charge is 0.328 e. The highest BCUT2D eigenvalue weighted by Gasteiger charge is 2.09. The van der Waals surface area contributed by atoms with Crippen molar-refractivity contribution >= 4 is 18.0 Å². The van der Waals surface area contributed by atoms with Crippen LogP contribution in [-0.2, 0) is 11.3 Å². The minimum absolute atomic E-state index is 0.205. The zero-order chi connectivity index (χ0) is 19.9. The van der Waals surface area contributed by atoms with Gasteiger partial charge in [-0.15, -0.1) is 0 Å². The highest BCUT2D eigenvalue weighted by molar-refractivity contribution is 5.96. The largest absolute Gasteiger partial charge is 0.478 e. The first-order chi connectivity index (χ1) is 13.5. The molecule has 140 valence electrons. The molecule has 4 heteroatoms. The van der Waals surface area contributed by atoms with E-state index in [4.69, 9.17) is 5.11 Å². The summed E-state index contributed by atoms with van der Waals surface area (Å²) in [4.78, 5) is 23.6. The number of carbonyl (C=O) groups is 2. The number of carbonyl (C=O) groups excluding carboxylic acids is 1. The summed E-state index contributed by atoms with van der Waals surface area (Å²) in [6.07, 6.45) is 2.56. The fraction of sp³-hybridized carbons (Fsp3) is 0.0833. The molecule has 1 amide bonds. The van der Waals surface area contributed by atoms with Crippen molar-refractivity contribution in [1.82, 2.24) is 5.32 Å². The van der Waals surface area contributed by atoms with Gasteiger partial charge in [0.25, 0.3) is 5.91 Å². The number of aryl methyl sites for hydroxylation is 1. The van der Waals surface area contributed by atoms with Crippen molar-refractivity contribution in [3.05, 3.63) is 101 Å². The Morgan fingerprint density at radius 3 is 2.32 bits per heavy atom. The molecule has 0 unspecified atom stereocenters. The van der Waals surface area contributed by atoms with Crippen LogP contribution in [0.1, 0.15) is 27.0 Å². The highest BCUT2D eigenvalue weighted by Crippen LogP contribution is 2.23. The summed E-state index contributed by atoms with van der Waals surface area (Å²) in [5, 5.41) is 11.8. The SMILES string of the molecule is Cc1ccc(CNC(=O)c2cc(/C=C/C(=O)O)cc(-c3ccccc3)c2)cc1. The van der Waals surface area contributed by atoms with E-state index in [1.807, 2.05) is 73.7 Å². The lowest BCUT2D eigenvalue weighted by molar-refractivity contribution is -0.131. The predicted octanol–water partition coefficient (Wildman–Crippen LogP) is 4.69. The lowest BCUT2D eigenvalue weighted by Crippen LogP contribution is -2.22. The molecule has 0 saturated carbocycles. The standard InChI is InChI=1S/C24H21NO3/c1-17-7-9-18(10-8-17)16-25-24(28)22-14-19(11-12-23(26)27)13-21(15-22)20-5-3-2-4-6-20/h2-15H,16H2,1H3,(H,25,28)(H,26,27)/b12-11+. The Bertz CT molecular complexity index is 1010. The van der Waals surface area contributed by atoms with Crippen LogP contribution in [0.3, 0.4) is 0 Å². The molecule has 28 heavy (non-hydrogen) atoms. The Hall–Kier alpha value is -3.66. The summed E-state index contributed by atoms with van der Waals surface area (Å²) in [5.41, 5.74) is 5.14. The Labute approximate surface area is 164 Å². The van der Waals surface area contributed by atoms with Crippen LogP contribution in [0.25, 0.3) is 17.2 Å². The second kappa shape index (κ2) is 8.82. The Kier molecular flexibility index (Phi) is 6.02. The van der Waals surface area contributed by atoms with E-state index in [0.717, 1.165) is 22.8 Å². The summed E-state index contributed by atoms with van der Waals surface area (Å²) < 4.78 is 0. The van der Waals surface area contributed by atoms with Crippen molar-refractivity contribution in [2.45, 2.75) is 13.5 Å². The van der Waals surface area contributed by atoms with E-state index in [-0.39, 0.29) is 5.91 Å². The van der Waals surface area contributed by atoms with Crippen LogP contribution in [-0.4, -0.2) is 17.0 Å². The fourth-order valence-corrected chi connectivity index (χ4v) is 2.83. The van der Waals surface area contributed by atoms with Crippen molar-refractivity contribution < 1.29 is 14.7 Å². The number of benzene rings is 3. The van der Waals surface area contributed by atoms with E-state index in [1.54, 1.807) is 6.07 Å². The van der Waals surface area contributed by atoms with Crippen molar-refractivity contribution in [3.8, 4) is 11.1 Å². The number of aliphatic carboxylic acids is 1. The number of rotatable bonds is 6. The summed E-state index contributed by atoms with van der Waals surface area (Å²) >= 11 is 0. The van der Waals surface area contributed by atoms with Gasteiger partial charge in [-0.2, -0.15) is 0 Å². The molecule has 0 saturated heterocycles. The Morgan fingerprint density at radius 1 is 0.929 bits per heavy atom. The maximum atomic E-state index is 12.7. The normalized spacial score (nSPS) is 10.8. The van der Waals surface area contributed by atoms with Gasteiger partial charge in [-0.25, -0.2) is 4.79 Å². The first-order valence-corrected chi connectivity index (χ1v) is 8.96. The molecule has 4 nitrogen and oxygen atoms in total. The molecule has 0 spiro atoms. The van der Waals surface area contributed by atoms with Crippen LogP contribution in [0.15, 0.2) is 78.9 Å². The second-order valence-electron chi connectivity index (χ2n) is 6.55. The minimum atomic E-state index is -1.03. The average molecular weight is 371 g/mol. The molecule has 2 N–H and O–H groups in total. The number of nitrogens with one attached hydrogen (secondary N) is 1. The molecule has 0 fully saturated rings. The molecule has 3 rings (SSSR count). The minimum Gasteiger partial charge on any atom is -0.478 e. The van der Waals surface area contributed by atoms with Crippen LogP contribution in [0.2, 0.25) is 0 Å². The molecule has 0 radical (unpaired) electrons. The van der Waals surface area contributed by atoms with Gasteiger partial charge in [0, 0.05) is 18.2 Å². The van der Waals surface area contributed by atoms with Gasteiger partial charge < -0.3 is 10.4 Å². The third-order valence-corrected chi connectivity index (χ3v) is 4.32. The van der Waals surface area contributed by atoms with Crippen molar-refractivity contribution in [1.29, 1.82) is 0 Å². The third-order valence-electron chi connectivity index (χ3n) is 4.32. The number of amides is 1. The molecule has 0 heterocycles. The molecule has 0 aromatic heterocycles. The van der Waals surface area contributed by atoms with Gasteiger partial charge in [0.1, 0.15) is 0 Å². The van der Waals surface area contributed by atoms with Crippen LogP contribution in [0.4, 0.5) is 0 Å². The van der Waals surface area contributed by atoms with E-state index in [1.165, 1.54) is 11.6 Å². The van der Waals surface area contributed by atoms with Gasteiger partial charge in [0.15, 0.2) is 0 Å². The second-order valence-corrected chi connectivity index (χ2v) is 6.55. The summed E-state index contributed by atoms with van der Waals surface area (Å²) in [7, 11) is 0. The molecule has 0 aliphatic carbocycles. The highest BCUT2D eigenvalue weighted by atomic mass is 16.4. The Morgan fingerprint density at radius 2 is 1.64 bits per heavy atom. The number of carboxylic acids is 1. The quantitative estimate of drug-likeness (QED) is 0.618. The molecule has 0 atom stereocenters. The van der Waals surface area contributed by atoms with E-state index in [0.29, 0.717) is 17.7 Å². The topological polar surface area (TPSA) is 66.4 Å². The first kappa shape index (κ1) is 19.1. The number of hydrogen-bond donors (Lipinski definition) is 2. The van der Waals surface area contributed by atoms with Gasteiger partial charge in [-0.3, -0.25) is 4.79 Å². The lowest BCUT2D eigenvalue weighted by Gasteiger charge is -2.10. The average Bonchev–Trinajstić information content (AvgIpc) is 2.72. The maximum absolute atomic E-state index is 12.7. The van der Waals surface area contributed by atoms with E-state index < -0.39 is 5.97 Å². The molecular formula is C24H21NO3. The zero-order valence-corrected chi connectivity index (χ0v) is 15.6.